The Morgan fingerprint density at radius 3 is 1.98 bits per heavy atom. The van der Waals surface area contributed by atoms with Crippen LogP contribution in [0.15, 0.2) is 30.3 Å². The Bertz CT molecular complexity index is 1310. The second-order valence-electron chi connectivity index (χ2n) is 15.7. The Hall–Kier alpha value is -3.49. The van der Waals surface area contributed by atoms with E-state index in [1.54, 1.807) is 43.3 Å². The smallest absolute Gasteiger partial charge is 0.230 e. The predicted molar refractivity (Wildman–Crippen MR) is 186 cm³/mol. The molecule has 0 radical (unpaired) electrons. The largest absolute Gasteiger partial charge is 0.348 e. The van der Waals surface area contributed by atoms with Gasteiger partial charge >= 0.3 is 0 Å². The van der Waals surface area contributed by atoms with E-state index in [-0.39, 0.29) is 73.1 Å². The molecule has 4 atom stereocenters. The summed E-state index contributed by atoms with van der Waals surface area (Å²) in [6.45, 7) is 14.0. The van der Waals surface area contributed by atoms with Gasteiger partial charge in [0, 0.05) is 71.0 Å². The summed E-state index contributed by atoms with van der Waals surface area (Å²) in [4.78, 5) is 95.8. The number of ketones is 5. The molecule has 1 aromatic carbocycles. The Morgan fingerprint density at radius 2 is 1.44 bits per heavy atom. The first-order valence-corrected chi connectivity index (χ1v) is 17.5. The third kappa shape index (κ3) is 12.2. The van der Waals surface area contributed by atoms with Crippen LogP contribution >= 0.6 is 0 Å². The summed E-state index contributed by atoms with van der Waals surface area (Å²) in [5.41, 5.74) is 0.221. The molecule has 1 heterocycles. The maximum atomic E-state index is 13.9. The van der Waals surface area contributed by atoms with Crippen molar-refractivity contribution in [1.82, 2.24) is 9.80 Å². The SMILES string of the molecule is CC(C)CC(=O)CC(C(=O)N1CCCC1C(=O)CC(CC(C)C)C(=O)C(=O)CCC(=O)C[C@H](C(=O)N(C)C)c1ccccc1)C(C)(C)C. The average Bonchev–Trinajstić information content (AvgIpc) is 3.49. The number of carbonyl (C=O) groups excluding carboxylic acids is 7. The van der Waals surface area contributed by atoms with Crippen molar-refractivity contribution in [1.29, 1.82) is 0 Å². The highest BCUT2D eigenvalue weighted by Crippen LogP contribution is 2.35. The fraction of sp³-hybridized carbons (Fsp3) is 0.667. The molecule has 0 bridgehead atoms. The summed E-state index contributed by atoms with van der Waals surface area (Å²) in [6.07, 6.45) is 1.25. The van der Waals surface area contributed by atoms with E-state index in [1.807, 2.05) is 54.5 Å². The van der Waals surface area contributed by atoms with Gasteiger partial charge in [-0.2, -0.15) is 0 Å². The van der Waals surface area contributed by atoms with Gasteiger partial charge < -0.3 is 9.80 Å². The minimum absolute atomic E-state index is 0.0276. The molecule has 9 nitrogen and oxygen atoms in total. The molecule has 0 aromatic heterocycles. The standard InChI is InChI=1S/C39H58N2O7/c1-25(2)20-28(36(46)34(44)18-17-29(42)23-31(37(47)40(8)9)27-14-11-10-12-15-27)22-35(45)33-16-13-19-41(33)38(48)32(39(5,6)7)24-30(43)21-26(3)4/h10-12,14-15,25-26,28,31-33H,13,16-24H2,1-9H3/t28?,31-,32?,33?/m0/s1. The summed E-state index contributed by atoms with van der Waals surface area (Å²) < 4.78 is 0. The van der Waals surface area contributed by atoms with Crippen LogP contribution < -0.4 is 0 Å². The van der Waals surface area contributed by atoms with Crippen molar-refractivity contribution in [2.75, 3.05) is 20.6 Å². The molecule has 2 rings (SSSR count). The summed E-state index contributed by atoms with van der Waals surface area (Å²) in [7, 11) is 3.25. The fourth-order valence-electron chi connectivity index (χ4n) is 6.60. The molecule has 3 unspecified atom stereocenters. The molecule has 1 aliphatic heterocycles. The van der Waals surface area contributed by atoms with Crippen LogP contribution in [0.3, 0.4) is 0 Å². The highest BCUT2D eigenvalue weighted by molar-refractivity contribution is 6.38. The van der Waals surface area contributed by atoms with E-state index >= 15 is 0 Å². The zero-order valence-corrected chi connectivity index (χ0v) is 30.7. The van der Waals surface area contributed by atoms with E-state index < -0.39 is 40.8 Å². The second-order valence-corrected chi connectivity index (χ2v) is 15.7. The van der Waals surface area contributed by atoms with Gasteiger partial charge in [-0.1, -0.05) is 78.8 Å². The lowest BCUT2D eigenvalue weighted by molar-refractivity contribution is -0.146. The normalized spacial score (nSPS) is 16.8. The molecule has 266 valence electrons. The van der Waals surface area contributed by atoms with Crippen LogP contribution in [0.4, 0.5) is 0 Å². The molecule has 0 aliphatic carbocycles. The van der Waals surface area contributed by atoms with Crippen LogP contribution in [-0.4, -0.2) is 77.2 Å². The monoisotopic (exact) mass is 666 g/mol. The van der Waals surface area contributed by atoms with Gasteiger partial charge in [-0.25, -0.2) is 0 Å². The van der Waals surface area contributed by atoms with E-state index in [2.05, 4.69) is 0 Å². The third-order valence-electron chi connectivity index (χ3n) is 9.17. The number of nitrogens with zero attached hydrogens (tertiary/aromatic N) is 2. The minimum Gasteiger partial charge on any atom is -0.348 e. The first kappa shape index (κ1) is 40.7. The number of hydrogen-bond donors (Lipinski definition) is 0. The van der Waals surface area contributed by atoms with Gasteiger partial charge in [-0.15, -0.1) is 0 Å². The molecule has 1 saturated heterocycles. The first-order valence-electron chi connectivity index (χ1n) is 17.5. The van der Waals surface area contributed by atoms with Gasteiger partial charge in [0.25, 0.3) is 0 Å². The van der Waals surface area contributed by atoms with Crippen molar-refractivity contribution in [3.8, 4) is 0 Å². The molecule has 1 fully saturated rings. The van der Waals surface area contributed by atoms with Gasteiger partial charge in [0.15, 0.2) is 11.6 Å². The van der Waals surface area contributed by atoms with Crippen LogP contribution in [0.25, 0.3) is 0 Å². The number of likely N-dealkylation sites (N-methyl/N-ethyl adjacent to an activating group) is 1. The summed E-state index contributed by atoms with van der Waals surface area (Å²) in [5, 5.41) is 0. The van der Waals surface area contributed by atoms with Crippen molar-refractivity contribution < 1.29 is 33.6 Å². The van der Waals surface area contributed by atoms with E-state index in [0.29, 0.717) is 37.8 Å². The number of benzene rings is 1. The lowest BCUT2D eigenvalue weighted by atomic mass is 9.76. The maximum Gasteiger partial charge on any atom is 0.230 e. The van der Waals surface area contributed by atoms with Crippen LogP contribution in [0, 0.1) is 29.1 Å². The van der Waals surface area contributed by atoms with Gasteiger partial charge in [-0.05, 0) is 42.1 Å². The minimum atomic E-state index is -0.851. The van der Waals surface area contributed by atoms with E-state index in [9.17, 15) is 33.6 Å². The zero-order chi connectivity index (χ0) is 36.3. The first-order chi connectivity index (χ1) is 22.3. The van der Waals surface area contributed by atoms with E-state index in [0.717, 1.165) is 0 Å². The molecule has 0 N–H and O–H groups in total. The lowest BCUT2D eigenvalue weighted by Gasteiger charge is -2.35. The Kier molecular flexibility index (Phi) is 15.5. The van der Waals surface area contributed by atoms with Crippen molar-refractivity contribution in [2.24, 2.45) is 29.1 Å². The van der Waals surface area contributed by atoms with Gasteiger partial charge in [0.2, 0.25) is 17.6 Å². The van der Waals surface area contributed by atoms with Gasteiger partial charge in [-0.3, -0.25) is 33.6 Å². The Morgan fingerprint density at radius 1 is 0.812 bits per heavy atom. The van der Waals surface area contributed by atoms with Gasteiger partial charge in [0.1, 0.15) is 11.6 Å². The molecule has 48 heavy (non-hydrogen) atoms. The number of rotatable bonds is 19. The van der Waals surface area contributed by atoms with Crippen LogP contribution in [0.5, 0.6) is 0 Å². The molecule has 1 aliphatic rings. The molecular weight excluding hydrogens is 608 g/mol. The Balaban J connectivity index is 2.13. The Labute approximate surface area is 287 Å². The van der Waals surface area contributed by atoms with Crippen LogP contribution in [0.1, 0.15) is 118 Å². The fourth-order valence-corrected chi connectivity index (χ4v) is 6.60. The number of Topliss-reactive ketones (excluding diaryl/α,β-unsaturated/α-hetero) is 5. The summed E-state index contributed by atoms with van der Waals surface area (Å²) >= 11 is 0. The topological polar surface area (TPSA) is 126 Å². The van der Waals surface area contributed by atoms with Crippen LogP contribution in [-0.2, 0) is 33.6 Å². The number of carbonyl (C=O) groups is 7. The van der Waals surface area contributed by atoms with Gasteiger partial charge in [0.05, 0.1) is 12.0 Å². The molecule has 1 aromatic rings. The quantitative estimate of drug-likeness (QED) is 0.165. The third-order valence-corrected chi connectivity index (χ3v) is 9.17. The number of amides is 2. The van der Waals surface area contributed by atoms with Crippen molar-refractivity contribution in [2.45, 2.75) is 118 Å². The van der Waals surface area contributed by atoms with Crippen molar-refractivity contribution in [3.05, 3.63) is 35.9 Å². The summed E-state index contributed by atoms with van der Waals surface area (Å²) in [5.74, 6) is -4.21. The molecule has 2 amide bonds. The highest BCUT2D eigenvalue weighted by atomic mass is 16.2. The van der Waals surface area contributed by atoms with E-state index in [1.165, 1.54) is 4.90 Å². The molecule has 0 saturated carbocycles. The molecular formula is C39H58N2O7. The van der Waals surface area contributed by atoms with Crippen LogP contribution in [0.2, 0.25) is 0 Å². The van der Waals surface area contributed by atoms with E-state index in [4.69, 9.17) is 0 Å². The number of likely N-dealkylation sites (tertiary alicyclic amines) is 1. The van der Waals surface area contributed by atoms with Crippen molar-refractivity contribution >= 4 is 40.7 Å². The maximum absolute atomic E-state index is 13.9. The number of hydrogen-bond acceptors (Lipinski definition) is 7. The second kappa shape index (κ2) is 18.3. The molecule has 9 heteroatoms. The average molecular weight is 667 g/mol. The zero-order valence-electron chi connectivity index (χ0n) is 30.7. The lowest BCUT2D eigenvalue weighted by Crippen LogP contribution is -2.47. The van der Waals surface area contributed by atoms with Crippen molar-refractivity contribution in [3.63, 3.8) is 0 Å². The molecule has 0 spiro atoms. The predicted octanol–water partition coefficient (Wildman–Crippen LogP) is 6.02. The summed E-state index contributed by atoms with van der Waals surface area (Å²) in [6, 6.07) is 8.30. The highest BCUT2D eigenvalue weighted by Gasteiger charge is 2.42.